The molecule has 0 aromatic rings. The van der Waals surface area contributed by atoms with Crippen molar-refractivity contribution in [1.29, 1.82) is 0 Å². The summed E-state index contributed by atoms with van der Waals surface area (Å²) in [6, 6.07) is 0. The molecule has 1 N–H and O–H groups in total. The molecule has 0 radical (unpaired) electrons. The van der Waals surface area contributed by atoms with Gasteiger partial charge in [0.1, 0.15) is 0 Å². The maximum absolute atomic E-state index is 10.1. The van der Waals surface area contributed by atoms with Crippen LogP contribution >= 0.6 is 0 Å². The van der Waals surface area contributed by atoms with Gasteiger partial charge in [0.15, 0.2) is 0 Å². The van der Waals surface area contributed by atoms with Crippen LogP contribution in [0, 0.1) is 0 Å². The highest BCUT2D eigenvalue weighted by Gasteiger charge is 2.03. The van der Waals surface area contributed by atoms with Crippen LogP contribution in [-0.2, 0) is 0 Å². The summed E-state index contributed by atoms with van der Waals surface area (Å²) < 4.78 is 0. The second-order valence-corrected chi connectivity index (χ2v) is 8.94. The third kappa shape index (κ3) is 23.7. The Morgan fingerprint density at radius 3 is 1.18 bits per heavy atom. The van der Waals surface area contributed by atoms with Gasteiger partial charge in [0, 0.05) is 0 Å². The Hall–Kier alpha value is -0.300. The molecular weight excluding hydrogens is 340 g/mol. The van der Waals surface area contributed by atoms with Crippen molar-refractivity contribution >= 4 is 0 Å². The van der Waals surface area contributed by atoms with Crippen LogP contribution in [-0.4, -0.2) is 11.2 Å². The quantitative estimate of drug-likeness (QED) is 0.135. The second-order valence-electron chi connectivity index (χ2n) is 8.94. The Morgan fingerprint density at radius 2 is 0.786 bits per heavy atom. The Labute approximate surface area is 178 Å². The molecule has 168 valence electrons. The van der Waals surface area contributed by atoms with Gasteiger partial charge in [-0.05, 0) is 38.5 Å². The van der Waals surface area contributed by atoms with Gasteiger partial charge in [-0.1, -0.05) is 129 Å². The molecule has 1 nitrogen and oxygen atoms in total. The molecule has 0 saturated heterocycles. The van der Waals surface area contributed by atoms with Gasteiger partial charge >= 0.3 is 0 Å². The Kier molecular flexibility index (Phi) is 24.5. The van der Waals surface area contributed by atoms with Crippen LogP contribution < -0.4 is 0 Å². The molecule has 0 heterocycles. The minimum Gasteiger partial charge on any atom is -0.393 e. The minimum atomic E-state index is -0.0391. The second kappa shape index (κ2) is 24.7. The number of allylic oxidation sites excluding steroid dienone is 2. The molecule has 1 unspecified atom stereocenters. The molecule has 0 bridgehead atoms. The van der Waals surface area contributed by atoms with Crippen LogP contribution in [0.1, 0.15) is 155 Å². The van der Waals surface area contributed by atoms with Crippen LogP contribution in [0.5, 0.6) is 0 Å². The van der Waals surface area contributed by atoms with E-state index in [1.54, 1.807) is 0 Å². The molecule has 1 heteroatoms. The monoisotopic (exact) mass is 394 g/mol. The molecule has 0 aliphatic rings. The standard InChI is InChI=1S/C27H54O/c1-3-5-7-9-11-12-13-14-15-16-17-18-20-22-24-26-27(28)25-23-21-19-10-8-6-4-2/h13-14,27-28H,3-12,15-26H2,1-2H3/b14-13-. The highest BCUT2D eigenvalue weighted by molar-refractivity contribution is 4.81. The van der Waals surface area contributed by atoms with E-state index in [2.05, 4.69) is 26.0 Å². The molecule has 1 atom stereocenters. The highest BCUT2D eigenvalue weighted by Crippen LogP contribution is 2.15. The van der Waals surface area contributed by atoms with E-state index < -0.39 is 0 Å². The van der Waals surface area contributed by atoms with E-state index in [9.17, 15) is 5.11 Å². The fraction of sp³-hybridized carbons (Fsp3) is 0.926. The number of rotatable bonds is 23. The van der Waals surface area contributed by atoms with Crippen molar-refractivity contribution in [2.45, 2.75) is 161 Å². The summed E-state index contributed by atoms with van der Waals surface area (Å²) in [6.45, 7) is 4.55. The first-order valence-corrected chi connectivity index (χ1v) is 13.1. The highest BCUT2D eigenvalue weighted by atomic mass is 16.3. The van der Waals surface area contributed by atoms with Gasteiger partial charge in [-0.25, -0.2) is 0 Å². The van der Waals surface area contributed by atoms with Gasteiger partial charge in [0.25, 0.3) is 0 Å². The Morgan fingerprint density at radius 1 is 0.464 bits per heavy atom. The maximum atomic E-state index is 10.1. The SMILES string of the molecule is CCCCCCC/C=C\CCCCCCCCC(O)CCCCCCCCC. The zero-order chi connectivity index (χ0) is 20.5. The smallest absolute Gasteiger partial charge is 0.0540 e. The largest absolute Gasteiger partial charge is 0.393 e. The molecule has 0 spiro atoms. The lowest BCUT2D eigenvalue weighted by Gasteiger charge is -2.10. The lowest BCUT2D eigenvalue weighted by molar-refractivity contribution is 0.147. The summed E-state index contributed by atoms with van der Waals surface area (Å²) in [7, 11) is 0. The van der Waals surface area contributed by atoms with E-state index in [1.165, 1.54) is 128 Å². The van der Waals surface area contributed by atoms with Crippen LogP contribution in [0.15, 0.2) is 12.2 Å². The average molecular weight is 395 g/mol. The first-order chi connectivity index (χ1) is 13.8. The van der Waals surface area contributed by atoms with Gasteiger partial charge < -0.3 is 5.11 Å². The van der Waals surface area contributed by atoms with E-state index in [4.69, 9.17) is 0 Å². The third-order valence-corrected chi connectivity index (χ3v) is 5.94. The molecule has 0 aliphatic heterocycles. The van der Waals surface area contributed by atoms with Crippen LogP contribution in [0.25, 0.3) is 0 Å². The van der Waals surface area contributed by atoms with E-state index in [-0.39, 0.29) is 6.10 Å². The summed E-state index contributed by atoms with van der Waals surface area (Å²) in [6.07, 6.45) is 33.7. The molecule has 0 aliphatic carbocycles. The topological polar surface area (TPSA) is 20.2 Å². The molecule has 0 fully saturated rings. The van der Waals surface area contributed by atoms with Crippen molar-refractivity contribution in [3.05, 3.63) is 12.2 Å². The number of hydrogen-bond donors (Lipinski definition) is 1. The van der Waals surface area contributed by atoms with Gasteiger partial charge in [-0.15, -0.1) is 0 Å². The van der Waals surface area contributed by atoms with E-state index >= 15 is 0 Å². The van der Waals surface area contributed by atoms with Crippen molar-refractivity contribution < 1.29 is 5.11 Å². The van der Waals surface area contributed by atoms with Gasteiger partial charge in [0.05, 0.1) is 6.10 Å². The lowest BCUT2D eigenvalue weighted by Crippen LogP contribution is -2.05. The third-order valence-electron chi connectivity index (χ3n) is 5.94. The molecule has 28 heavy (non-hydrogen) atoms. The van der Waals surface area contributed by atoms with Crippen molar-refractivity contribution in [3.8, 4) is 0 Å². The zero-order valence-corrected chi connectivity index (χ0v) is 19.7. The summed E-state index contributed by atoms with van der Waals surface area (Å²) in [5, 5.41) is 10.1. The zero-order valence-electron chi connectivity index (χ0n) is 19.7. The number of aliphatic hydroxyl groups is 1. The molecule has 0 aromatic carbocycles. The first kappa shape index (κ1) is 27.7. The molecule has 0 aromatic heterocycles. The van der Waals surface area contributed by atoms with E-state index in [0.29, 0.717) is 0 Å². The number of aliphatic hydroxyl groups excluding tert-OH is 1. The molecule has 0 rings (SSSR count). The van der Waals surface area contributed by atoms with Gasteiger partial charge in [0.2, 0.25) is 0 Å². The van der Waals surface area contributed by atoms with E-state index in [0.717, 1.165) is 12.8 Å². The minimum absolute atomic E-state index is 0.0391. The van der Waals surface area contributed by atoms with Crippen molar-refractivity contribution in [2.24, 2.45) is 0 Å². The maximum Gasteiger partial charge on any atom is 0.0540 e. The summed E-state index contributed by atoms with van der Waals surface area (Å²) >= 11 is 0. The van der Waals surface area contributed by atoms with Gasteiger partial charge in [-0.2, -0.15) is 0 Å². The number of hydrogen-bond acceptors (Lipinski definition) is 1. The lowest BCUT2D eigenvalue weighted by atomic mass is 10.0. The van der Waals surface area contributed by atoms with Crippen LogP contribution in [0.2, 0.25) is 0 Å². The number of unbranched alkanes of at least 4 members (excludes halogenated alkanes) is 17. The molecular formula is C27H54O. The Balaban J connectivity index is 3.17. The summed E-state index contributed by atoms with van der Waals surface area (Å²) in [4.78, 5) is 0. The molecule has 0 amide bonds. The average Bonchev–Trinajstić information content (AvgIpc) is 2.70. The van der Waals surface area contributed by atoms with Crippen molar-refractivity contribution in [2.75, 3.05) is 0 Å². The Bertz CT molecular complexity index is 297. The van der Waals surface area contributed by atoms with Crippen LogP contribution in [0.4, 0.5) is 0 Å². The predicted octanol–water partition coefficient (Wildman–Crippen LogP) is 9.53. The summed E-state index contributed by atoms with van der Waals surface area (Å²) in [5.41, 5.74) is 0. The predicted molar refractivity (Wildman–Crippen MR) is 128 cm³/mol. The van der Waals surface area contributed by atoms with E-state index in [1.807, 2.05) is 0 Å². The van der Waals surface area contributed by atoms with Crippen LogP contribution in [0.3, 0.4) is 0 Å². The fourth-order valence-electron chi connectivity index (χ4n) is 3.93. The molecule has 0 saturated carbocycles. The first-order valence-electron chi connectivity index (χ1n) is 13.1. The fourth-order valence-corrected chi connectivity index (χ4v) is 3.93. The summed E-state index contributed by atoms with van der Waals surface area (Å²) in [5.74, 6) is 0. The van der Waals surface area contributed by atoms with Gasteiger partial charge in [-0.3, -0.25) is 0 Å². The van der Waals surface area contributed by atoms with Crippen molar-refractivity contribution in [3.63, 3.8) is 0 Å². The normalized spacial score (nSPS) is 12.8. The van der Waals surface area contributed by atoms with Crippen molar-refractivity contribution in [1.82, 2.24) is 0 Å².